The summed E-state index contributed by atoms with van der Waals surface area (Å²) in [4.78, 5) is 17.7. The number of amides is 1. The number of hydrogen-bond acceptors (Lipinski definition) is 6. The summed E-state index contributed by atoms with van der Waals surface area (Å²) in [5.41, 5.74) is 0. The second-order valence-electron chi connectivity index (χ2n) is 7.37. The number of piperazine rings is 2. The van der Waals surface area contributed by atoms with E-state index in [2.05, 4.69) is 4.90 Å². The Hall–Kier alpha value is -1.33. The van der Waals surface area contributed by atoms with Gasteiger partial charge in [-0.1, -0.05) is 0 Å². The van der Waals surface area contributed by atoms with Crippen molar-refractivity contribution < 1.29 is 17.9 Å². The van der Waals surface area contributed by atoms with Crippen LogP contribution >= 0.6 is 11.8 Å². The summed E-state index contributed by atoms with van der Waals surface area (Å²) in [6, 6.07) is 7.63. The van der Waals surface area contributed by atoms with Crippen LogP contribution in [0.1, 0.15) is 6.92 Å². The highest BCUT2D eigenvalue weighted by atomic mass is 32.2. The summed E-state index contributed by atoms with van der Waals surface area (Å²) >= 11 is 1.50. The van der Waals surface area contributed by atoms with Crippen LogP contribution in [0, 0.1) is 0 Å². The van der Waals surface area contributed by atoms with Crippen molar-refractivity contribution in [3.05, 3.63) is 24.3 Å². The maximum atomic E-state index is 12.9. The fourth-order valence-electron chi connectivity index (χ4n) is 3.49. The van der Waals surface area contributed by atoms with Gasteiger partial charge in [-0.2, -0.15) is 17.0 Å². The van der Waals surface area contributed by atoms with Gasteiger partial charge >= 0.3 is 0 Å². The van der Waals surface area contributed by atoms with E-state index < -0.39 is 10.2 Å². The van der Waals surface area contributed by atoms with E-state index in [4.69, 9.17) is 4.74 Å². The lowest BCUT2D eigenvalue weighted by Crippen LogP contribution is -2.57. The standard InChI is InChI=1S/C19H30N4O4S2/c1-16(28-18-6-4-17(27-3)5-7-18)19(24)21-10-14-23(15-11-21)29(25,26)22-12-8-20(2)9-13-22/h4-7,16H,8-15H2,1-3H3/t16-/m0/s1. The lowest BCUT2D eigenvalue weighted by Gasteiger charge is -2.39. The molecule has 0 radical (unpaired) electrons. The highest BCUT2D eigenvalue weighted by Gasteiger charge is 2.35. The van der Waals surface area contributed by atoms with Crippen LogP contribution < -0.4 is 4.74 Å². The topological polar surface area (TPSA) is 73.4 Å². The van der Waals surface area contributed by atoms with Crippen molar-refractivity contribution in [2.24, 2.45) is 0 Å². The third-order valence-corrected chi connectivity index (χ3v) is 8.52. The molecule has 10 heteroatoms. The molecule has 0 spiro atoms. The second-order valence-corrected chi connectivity index (χ2v) is 10.7. The van der Waals surface area contributed by atoms with Crippen molar-refractivity contribution in [2.45, 2.75) is 17.1 Å². The van der Waals surface area contributed by atoms with Gasteiger partial charge in [0.2, 0.25) is 5.91 Å². The first kappa shape index (κ1) is 22.4. The minimum Gasteiger partial charge on any atom is -0.497 e. The highest BCUT2D eigenvalue weighted by Crippen LogP contribution is 2.27. The predicted octanol–water partition coefficient (Wildman–Crippen LogP) is 0.812. The maximum Gasteiger partial charge on any atom is 0.282 e. The van der Waals surface area contributed by atoms with Crippen molar-refractivity contribution in [1.82, 2.24) is 18.4 Å². The molecule has 1 aromatic carbocycles. The van der Waals surface area contributed by atoms with Crippen LogP contribution in [0.25, 0.3) is 0 Å². The van der Waals surface area contributed by atoms with Gasteiger partial charge in [-0.15, -0.1) is 11.8 Å². The molecule has 1 atom stereocenters. The fourth-order valence-corrected chi connectivity index (χ4v) is 6.01. The van der Waals surface area contributed by atoms with E-state index >= 15 is 0 Å². The molecule has 2 saturated heterocycles. The van der Waals surface area contributed by atoms with Crippen molar-refractivity contribution in [3.8, 4) is 5.75 Å². The molecule has 0 aliphatic carbocycles. The molecule has 0 unspecified atom stereocenters. The average molecular weight is 443 g/mol. The first-order chi connectivity index (χ1) is 13.8. The average Bonchev–Trinajstić information content (AvgIpc) is 2.74. The van der Waals surface area contributed by atoms with Gasteiger partial charge in [-0.25, -0.2) is 0 Å². The molecule has 0 bridgehead atoms. The largest absolute Gasteiger partial charge is 0.497 e. The zero-order valence-electron chi connectivity index (χ0n) is 17.3. The zero-order valence-corrected chi connectivity index (χ0v) is 18.9. The maximum absolute atomic E-state index is 12.9. The van der Waals surface area contributed by atoms with E-state index in [1.807, 2.05) is 38.2 Å². The number of thioether (sulfide) groups is 1. The number of carbonyl (C=O) groups excluding carboxylic acids is 1. The predicted molar refractivity (Wildman–Crippen MR) is 114 cm³/mol. The Morgan fingerprint density at radius 2 is 1.48 bits per heavy atom. The summed E-state index contributed by atoms with van der Waals surface area (Å²) in [6.45, 7) is 5.99. The molecule has 1 amide bonds. The van der Waals surface area contributed by atoms with E-state index in [0.29, 0.717) is 39.3 Å². The SMILES string of the molecule is COc1ccc(S[C@@H](C)C(=O)N2CCN(S(=O)(=O)N3CCN(C)CC3)CC2)cc1. The molecule has 29 heavy (non-hydrogen) atoms. The molecule has 1 aromatic rings. The molecule has 0 aromatic heterocycles. The molecular weight excluding hydrogens is 412 g/mol. The molecule has 0 N–H and O–H groups in total. The second kappa shape index (κ2) is 9.65. The summed E-state index contributed by atoms with van der Waals surface area (Å²) in [5, 5.41) is -0.232. The molecule has 2 fully saturated rings. The van der Waals surface area contributed by atoms with Crippen molar-refractivity contribution in [3.63, 3.8) is 0 Å². The molecule has 2 heterocycles. The van der Waals surface area contributed by atoms with Crippen molar-refractivity contribution in [2.75, 3.05) is 66.5 Å². The number of likely N-dealkylation sites (N-methyl/N-ethyl adjacent to an activating group) is 1. The minimum absolute atomic E-state index is 0.0439. The number of ether oxygens (including phenoxy) is 1. The smallest absolute Gasteiger partial charge is 0.282 e. The van der Waals surface area contributed by atoms with E-state index in [-0.39, 0.29) is 11.2 Å². The van der Waals surface area contributed by atoms with Crippen LogP contribution in [0.15, 0.2) is 29.2 Å². The van der Waals surface area contributed by atoms with Gasteiger partial charge in [0.25, 0.3) is 10.2 Å². The number of benzene rings is 1. The fraction of sp³-hybridized carbons (Fsp3) is 0.632. The third-order valence-electron chi connectivity index (χ3n) is 5.39. The number of hydrogen-bond donors (Lipinski definition) is 0. The summed E-state index contributed by atoms with van der Waals surface area (Å²) in [6.07, 6.45) is 0. The van der Waals surface area contributed by atoms with Crippen LogP contribution in [0.5, 0.6) is 5.75 Å². The zero-order chi connectivity index (χ0) is 21.0. The van der Waals surface area contributed by atoms with Crippen LogP contribution in [-0.4, -0.2) is 105 Å². The Morgan fingerprint density at radius 1 is 0.966 bits per heavy atom. The van der Waals surface area contributed by atoms with E-state index in [1.54, 1.807) is 16.3 Å². The molecule has 0 saturated carbocycles. The Labute approximate surface area is 177 Å². The van der Waals surface area contributed by atoms with E-state index in [1.165, 1.54) is 16.1 Å². The van der Waals surface area contributed by atoms with Crippen LogP contribution in [0.4, 0.5) is 0 Å². The van der Waals surface area contributed by atoms with Crippen LogP contribution in [0.3, 0.4) is 0 Å². The van der Waals surface area contributed by atoms with Gasteiger partial charge in [0.05, 0.1) is 12.4 Å². The van der Waals surface area contributed by atoms with Crippen molar-refractivity contribution >= 4 is 27.9 Å². The van der Waals surface area contributed by atoms with Gasteiger partial charge in [0, 0.05) is 57.3 Å². The first-order valence-electron chi connectivity index (χ1n) is 9.84. The number of methoxy groups -OCH3 is 1. The number of nitrogens with zero attached hydrogens (tertiary/aromatic N) is 4. The van der Waals surface area contributed by atoms with E-state index in [0.717, 1.165) is 23.7 Å². The normalized spacial score (nSPS) is 21.1. The van der Waals surface area contributed by atoms with Crippen molar-refractivity contribution in [1.29, 1.82) is 0 Å². The van der Waals surface area contributed by atoms with Gasteiger partial charge < -0.3 is 14.5 Å². The Balaban J connectivity index is 1.51. The minimum atomic E-state index is -3.45. The molecule has 162 valence electrons. The van der Waals surface area contributed by atoms with Gasteiger partial charge in [-0.3, -0.25) is 4.79 Å². The van der Waals surface area contributed by atoms with Crippen LogP contribution in [0.2, 0.25) is 0 Å². The molecular formula is C19H30N4O4S2. The summed E-state index contributed by atoms with van der Waals surface area (Å²) < 4.78 is 34.0. The third kappa shape index (κ3) is 5.43. The lowest BCUT2D eigenvalue weighted by molar-refractivity contribution is -0.131. The number of rotatable bonds is 6. The Bertz CT molecular complexity index is 787. The number of carbonyl (C=O) groups is 1. The van der Waals surface area contributed by atoms with Gasteiger partial charge in [0.15, 0.2) is 0 Å². The highest BCUT2D eigenvalue weighted by molar-refractivity contribution is 8.00. The van der Waals surface area contributed by atoms with Gasteiger partial charge in [-0.05, 0) is 38.2 Å². The quantitative estimate of drug-likeness (QED) is 0.607. The summed E-state index contributed by atoms with van der Waals surface area (Å²) in [5.74, 6) is 0.827. The Kier molecular flexibility index (Phi) is 7.44. The van der Waals surface area contributed by atoms with Gasteiger partial charge in [0.1, 0.15) is 5.75 Å². The first-order valence-corrected chi connectivity index (χ1v) is 12.1. The summed E-state index contributed by atoms with van der Waals surface area (Å²) in [7, 11) is 0.174. The Morgan fingerprint density at radius 3 is 2.00 bits per heavy atom. The van der Waals surface area contributed by atoms with E-state index in [9.17, 15) is 13.2 Å². The lowest BCUT2D eigenvalue weighted by atomic mass is 10.3. The molecule has 8 nitrogen and oxygen atoms in total. The molecule has 3 rings (SSSR count). The molecule has 2 aliphatic heterocycles. The monoisotopic (exact) mass is 442 g/mol. The molecule has 2 aliphatic rings. The van der Waals surface area contributed by atoms with Crippen LogP contribution in [-0.2, 0) is 15.0 Å².